The molecule has 4 rings (SSSR count). The van der Waals surface area contributed by atoms with Gasteiger partial charge < -0.3 is 14.7 Å². The highest BCUT2D eigenvalue weighted by Gasteiger charge is 2.38. The lowest BCUT2D eigenvalue weighted by Gasteiger charge is -2.35. The highest BCUT2D eigenvalue weighted by Crippen LogP contribution is 2.31. The molecule has 8 heteroatoms. The number of anilines is 2. The van der Waals surface area contributed by atoms with Gasteiger partial charge in [-0.25, -0.2) is 9.97 Å². The fourth-order valence-corrected chi connectivity index (χ4v) is 3.85. The Bertz CT molecular complexity index is 839. The number of piperazine rings is 1. The van der Waals surface area contributed by atoms with Gasteiger partial charge >= 0.3 is 0 Å². The van der Waals surface area contributed by atoms with Crippen molar-refractivity contribution in [3.05, 3.63) is 47.7 Å². The maximum Gasteiger partial charge on any atom is 0.228 e. The van der Waals surface area contributed by atoms with Crippen LogP contribution in [0.25, 0.3) is 0 Å². The molecule has 2 fully saturated rings. The highest BCUT2D eigenvalue weighted by molar-refractivity contribution is 6.33. The second-order valence-electron chi connectivity index (χ2n) is 6.72. The minimum absolute atomic E-state index is 0.0338. The molecule has 0 radical (unpaired) electrons. The maximum atomic E-state index is 12.9. The molecule has 7 nitrogen and oxygen atoms in total. The number of hydrogen-bond donors (Lipinski definition) is 0. The van der Waals surface area contributed by atoms with Crippen LogP contribution in [0.3, 0.4) is 0 Å². The zero-order chi connectivity index (χ0) is 18.8. The molecule has 0 N–H and O–H groups in total. The molecular weight excluding hydrogens is 366 g/mol. The van der Waals surface area contributed by atoms with Gasteiger partial charge in [-0.15, -0.1) is 0 Å². The summed E-state index contributed by atoms with van der Waals surface area (Å²) in [6, 6.07) is 9.01. The van der Waals surface area contributed by atoms with Crippen molar-refractivity contribution in [3.63, 3.8) is 0 Å². The summed E-state index contributed by atoms with van der Waals surface area (Å²) in [6.07, 6.45) is 3.66. The van der Waals surface area contributed by atoms with E-state index in [1.54, 1.807) is 29.4 Å². The van der Waals surface area contributed by atoms with Gasteiger partial charge in [-0.1, -0.05) is 23.7 Å². The van der Waals surface area contributed by atoms with Crippen LogP contribution in [0.1, 0.15) is 6.42 Å². The van der Waals surface area contributed by atoms with Crippen LogP contribution in [0.5, 0.6) is 0 Å². The van der Waals surface area contributed by atoms with Crippen LogP contribution >= 0.6 is 11.6 Å². The summed E-state index contributed by atoms with van der Waals surface area (Å²) in [5, 5.41) is 0.524. The number of halogens is 1. The van der Waals surface area contributed by atoms with Crippen molar-refractivity contribution in [2.45, 2.75) is 6.42 Å². The van der Waals surface area contributed by atoms with E-state index >= 15 is 0 Å². The van der Waals surface area contributed by atoms with E-state index in [1.807, 2.05) is 23.1 Å². The van der Waals surface area contributed by atoms with Gasteiger partial charge in [-0.3, -0.25) is 9.59 Å². The number of rotatable bonds is 3. The molecule has 2 amide bonds. The first-order chi connectivity index (χ1) is 13.1. The molecule has 0 bridgehead atoms. The Hall–Kier alpha value is -2.67. The lowest BCUT2D eigenvalue weighted by atomic mass is 10.1. The fraction of sp³-hybridized carbons (Fsp3) is 0.368. The van der Waals surface area contributed by atoms with Gasteiger partial charge in [0.05, 0.1) is 16.6 Å². The first kappa shape index (κ1) is 17.7. The van der Waals surface area contributed by atoms with E-state index in [4.69, 9.17) is 11.6 Å². The molecule has 1 atom stereocenters. The first-order valence-electron chi connectivity index (χ1n) is 8.99. The number of para-hydroxylation sites is 1. The molecule has 1 unspecified atom stereocenters. The van der Waals surface area contributed by atoms with Gasteiger partial charge in [0.25, 0.3) is 0 Å². The summed E-state index contributed by atoms with van der Waals surface area (Å²) in [7, 11) is 0. The Labute approximate surface area is 162 Å². The Morgan fingerprint density at radius 1 is 1.04 bits per heavy atom. The van der Waals surface area contributed by atoms with Gasteiger partial charge in [-0.2, -0.15) is 0 Å². The molecule has 1 aromatic heterocycles. The predicted octanol–water partition coefficient (Wildman–Crippen LogP) is 1.83. The third-order valence-corrected chi connectivity index (χ3v) is 5.36. The largest absolute Gasteiger partial charge is 0.339 e. The Balaban J connectivity index is 1.38. The van der Waals surface area contributed by atoms with Crippen molar-refractivity contribution >= 4 is 35.1 Å². The van der Waals surface area contributed by atoms with E-state index in [1.165, 1.54) is 0 Å². The highest BCUT2D eigenvalue weighted by atomic mass is 35.5. The average molecular weight is 386 g/mol. The maximum absolute atomic E-state index is 12.9. The number of carbonyl (C=O) groups is 2. The van der Waals surface area contributed by atoms with Crippen LogP contribution in [-0.4, -0.2) is 59.4 Å². The van der Waals surface area contributed by atoms with Crippen molar-refractivity contribution in [2.75, 3.05) is 42.5 Å². The number of nitrogens with zero attached hydrogens (tertiary/aromatic N) is 5. The Morgan fingerprint density at radius 3 is 2.44 bits per heavy atom. The SMILES string of the molecule is O=C(C1CC(=O)N(c2ccccc2Cl)C1)N1CCN(c2ncccn2)CC1. The number of carbonyl (C=O) groups excluding carboxylic acids is 2. The second-order valence-corrected chi connectivity index (χ2v) is 7.13. The van der Waals surface area contributed by atoms with Crippen LogP contribution in [-0.2, 0) is 9.59 Å². The Kier molecular flexibility index (Phi) is 4.94. The summed E-state index contributed by atoms with van der Waals surface area (Å²) in [4.78, 5) is 39.4. The topological polar surface area (TPSA) is 69.6 Å². The average Bonchev–Trinajstić information content (AvgIpc) is 3.10. The standard InChI is InChI=1S/C19H20ClN5O2/c20-15-4-1-2-5-16(15)25-13-14(12-17(25)26)18(27)23-8-10-24(11-9-23)19-21-6-3-7-22-19/h1-7,14H,8-13H2. The van der Waals surface area contributed by atoms with Gasteiger partial charge in [0.15, 0.2) is 0 Å². The van der Waals surface area contributed by atoms with Crippen molar-refractivity contribution in [2.24, 2.45) is 5.92 Å². The summed E-state index contributed by atoms with van der Waals surface area (Å²) >= 11 is 6.21. The molecule has 2 aliphatic heterocycles. The van der Waals surface area contributed by atoms with Crippen molar-refractivity contribution in [3.8, 4) is 0 Å². The van der Waals surface area contributed by atoms with Gasteiger partial charge in [0, 0.05) is 51.5 Å². The molecule has 0 aliphatic carbocycles. The summed E-state index contributed by atoms with van der Waals surface area (Å²) in [5.41, 5.74) is 0.672. The monoisotopic (exact) mass is 385 g/mol. The quantitative estimate of drug-likeness (QED) is 0.806. The molecular formula is C19H20ClN5O2. The van der Waals surface area contributed by atoms with Gasteiger partial charge in [0.2, 0.25) is 17.8 Å². The zero-order valence-corrected chi connectivity index (χ0v) is 15.5. The minimum atomic E-state index is -0.326. The van der Waals surface area contributed by atoms with E-state index in [0.717, 1.165) is 0 Å². The predicted molar refractivity (Wildman–Crippen MR) is 103 cm³/mol. The fourth-order valence-electron chi connectivity index (χ4n) is 3.62. The lowest BCUT2D eigenvalue weighted by molar-refractivity contribution is -0.136. The van der Waals surface area contributed by atoms with Crippen molar-refractivity contribution in [1.82, 2.24) is 14.9 Å². The minimum Gasteiger partial charge on any atom is -0.339 e. The van der Waals surface area contributed by atoms with E-state index in [2.05, 4.69) is 14.9 Å². The van der Waals surface area contributed by atoms with Crippen molar-refractivity contribution < 1.29 is 9.59 Å². The third kappa shape index (κ3) is 3.60. The summed E-state index contributed by atoms with van der Waals surface area (Å²) in [5.74, 6) is 0.336. The smallest absolute Gasteiger partial charge is 0.228 e. The molecule has 0 saturated carbocycles. The Morgan fingerprint density at radius 2 is 1.74 bits per heavy atom. The normalized spacial score (nSPS) is 20.3. The van der Waals surface area contributed by atoms with E-state index in [-0.39, 0.29) is 24.2 Å². The van der Waals surface area contributed by atoms with Crippen LogP contribution in [0, 0.1) is 5.92 Å². The first-order valence-corrected chi connectivity index (χ1v) is 9.37. The van der Waals surface area contributed by atoms with Crippen LogP contribution in [0.15, 0.2) is 42.7 Å². The molecule has 3 heterocycles. The third-order valence-electron chi connectivity index (χ3n) is 5.04. The molecule has 2 saturated heterocycles. The number of aromatic nitrogens is 2. The lowest BCUT2D eigenvalue weighted by Crippen LogP contribution is -2.51. The van der Waals surface area contributed by atoms with Crippen LogP contribution in [0.2, 0.25) is 5.02 Å². The van der Waals surface area contributed by atoms with Gasteiger partial charge in [-0.05, 0) is 18.2 Å². The van der Waals surface area contributed by atoms with Crippen LogP contribution < -0.4 is 9.80 Å². The van der Waals surface area contributed by atoms with Crippen LogP contribution in [0.4, 0.5) is 11.6 Å². The number of hydrogen-bond acceptors (Lipinski definition) is 5. The molecule has 2 aromatic rings. The van der Waals surface area contributed by atoms with E-state index < -0.39 is 0 Å². The number of amides is 2. The summed E-state index contributed by atoms with van der Waals surface area (Å²) < 4.78 is 0. The second kappa shape index (κ2) is 7.52. The summed E-state index contributed by atoms with van der Waals surface area (Å²) in [6.45, 7) is 2.96. The molecule has 0 spiro atoms. The molecule has 1 aromatic carbocycles. The zero-order valence-electron chi connectivity index (χ0n) is 14.8. The molecule has 140 valence electrons. The van der Waals surface area contributed by atoms with E-state index in [0.29, 0.717) is 49.4 Å². The number of benzene rings is 1. The van der Waals surface area contributed by atoms with Gasteiger partial charge in [0.1, 0.15) is 0 Å². The molecule has 2 aliphatic rings. The molecule has 27 heavy (non-hydrogen) atoms. The van der Waals surface area contributed by atoms with E-state index in [9.17, 15) is 9.59 Å². The van der Waals surface area contributed by atoms with Crippen molar-refractivity contribution in [1.29, 1.82) is 0 Å².